The van der Waals surface area contributed by atoms with Crippen molar-refractivity contribution in [2.45, 2.75) is 38.1 Å². The van der Waals surface area contributed by atoms with E-state index in [1.807, 2.05) is 60.7 Å². The summed E-state index contributed by atoms with van der Waals surface area (Å²) in [6.07, 6.45) is 0.558. The van der Waals surface area contributed by atoms with Crippen LogP contribution in [0.2, 0.25) is 0 Å². The third-order valence-electron chi connectivity index (χ3n) is 7.11. The summed E-state index contributed by atoms with van der Waals surface area (Å²) in [7, 11) is 1.55. The largest absolute Gasteiger partial charge is 0.493 e. The zero-order chi connectivity index (χ0) is 27.9. The lowest BCUT2D eigenvalue weighted by atomic mass is 10.1. The molecule has 0 spiro atoms. The molecule has 0 aliphatic carbocycles. The lowest BCUT2D eigenvalue weighted by Crippen LogP contribution is -2.45. The first-order chi connectivity index (χ1) is 19.5. The van der Waals surface area contributed by atoms with Crippen LogP contribution < -0.4 is 24.8 Å². The fourth-order valence-corrected chi connectivity index (χ4v) is 4.96. The summed E-state index contributed by atoms with van der Waals surface area (Å²) < 4.78 is 17.5. The van der Waals surface area contributed by atoms with Crippen molar-refractivity contribution in [1.29, 1.82) is 5.26 Å². The maximum Gasteiger partial charge on any atom is 0.258 e. The van der Waals surface area contributed by atoms with E-state index in [4.69, 9.17) is 19.5 Å². The molecule has 2 N–H and O–H groups in total. The van der Waals surface area contributed by atoms with Gasteiger partial charge >= 0.3 is 0 Å². The van der Waals surface area contributed by atoms with Gasteiger partial charge in [-0.2, -0.15) is 5.26 Å². The summed E-state index contributed by atoms with van der Waals surface area (Å²) in [6.45, 7) is 2.18. The molecule has 3 heterocycles. The Morgan fingerprint density at radius 1 is 0.975 bits per heavy atom. The predicted molar refractivity (Wildman–Crippen MR) is 148 cm³/mol. The number of amides is 2. The number of hydrogen-bond acceptors (Lipinski definition) is 7. The lowest BCUT2D eigenvalue weighted by Gasteiger charge is -2.21. The zero-order valence-corrected chi connectivity index (χ0v) is 22.4. The molecule has 3 aromatic rings. The van der Waals surface area contributed by atoms with Crippen LogP contribution in [0.4, 0.5) is 0 Å². The fraction of sp³-hybridized carbons (Fsp3) is 0.323. The van der Waals surface area contributed by atoms with Gasteiger partial charge in [0, 0.05) is 32.6 Å². The number of nitrogens with zero attached hydrogens (tertiary/aromatic N) is 2. The first-order valence-electron chi connectivity index (χ1n) is 13.3. The Hall–Kier alpha value is -4.55. The number of fused-ring (bicyclic) bond motifs is 9. The molecule has 206 valence electrons. The quantitative estimate of drug-likeness (QED) is 0.525. The van der Waals surface area contributed by atoms with E-state index in [0.717, 1.165) is 16.7 Å². The van der Waals surface area contributed by atoms with Gasteiger partial charge in [-0.05, 0) is 59.5 Å². The molecule has 0 radical (unpaired) electrons. The number of methoxy groups -OCH3 is 1. The highest BCUT2D eigenvalue weighted by Gasteiger charge is 2.35. The number of nitrogens with one attached hydrogen (secondary N) is 2. The fourth-order valence-electron chi connectivity index (χ4n) is 4.96. The second-order valence-corrected chi connectivity index (χ2v) is 10.0. The van der Waals surface area contributed by atoms with Gasteiger partial charge in [0.05, 0.1) is 24.8 Å². The molecule has 3 aliphatic rings. The summed E-state index contributed by atoms with van der Waals surface area (Å²) in [5, 5.41) is 15.2. The van der Waals surface area contributed by atoms with E-state index in [-0.39, 0.29) is 30.6 Å². The van der Waals surface area contributed by atoms with Crippen molar-refractivity contribution in [2.24, 2.45) is 0 Å². The van der Waals surface area contributed by atoms with Crippen molar-refractivity contribution in [3.8, 4) is 23.3 Å². The van der Waals surface area contributed by atoms with Crippen LogP contribution in [0.25, 0.3) is 0 Å². The molecular formula is C31H32N4O5. The number of likely N-dealkylation sites (tertiary alicyclic amines) is 1. The summed E-state index contributed by atoms with van der Waals surface area (Å²) >= 11 is 0. The van der Waals surface area contributed by atoms with Crippen molar-refractivity contribution < 1.29 is 23.8 Å². The van der Waals surface area contributed by atoms with Gasteiger partial charge in [-0.3, -0.25) is 14.5 Å². The van der Waals surface area contributed by atoms with Crippen LogP contribution in [-0.4, -0.2) is 55.7 Å². The van der Waals surface area contributed by atoms with Crippen molar-refractivity contribution in [3.63, 3.8) is 0 Å². The van der Waals surface area contributed by atoms with E-state index >= 15 is 0 Å². The van der Waals surface area contributed by atoms with Crippen molar-refractivity contribution in [2.75, 3.05) is 26.8 Å². The van der Waals surface area contributed by atoms with Crippen LogP contribution >= 0.6 is 0 Å². The highest BCUT2D eigenvalue weighted by atomic mass is 16.5. The molecule has 1 saturated heterocycles. The molecule has 6 rings (SSSR count). The van der Waals surface area contributed by atoms with Crippen LogP contribution in [0, 0.1) is 11.3 Å². The van der Waals surface area contributed by atoms with E-state index in [9.17, 15) is 9.59 Å². The summed E-state index contributed by atoms with van der Waals surface area (Å²) in [5.41, 5.74) is 3.55. The predicted octanol–water partition coefficient (Wildman–Crippen LogP) is 2.96. The highest BCUT2D eigenvalue weighted by Crippen LogP contribution is 2.29. The molecule has 4 bridgehead atoms. The van der Waals surface area contributed by atoms with Gasteiger partial charge in [-0.1, -0.05) is 30.3 Å². The number of carbonyl (C=O) groups is 2. The Morgan fingerprint density at radius 2 is 1.75 bits per heavy atom. The van der Waals surface area contributed by atoms with Crippen LogP contribution in [0.15, 0.2) is 66.7 Å². The standard InChI is InChI=1S/C31H32N4O5/c1-38-27-12-8-21-9-13-30(36)34-26-18-35(17-24-4-2-22(15-32)3-5-24)19-29(26)40-25-10-6-23(7-11-25)16-33-31(37)20-39-28(27)14-21/h2-8,10-12,14,26,29H,9,13,16-20H2,1H3,(H,33,37)(H,34,36)/t26-,29-/m0/s1. The normalized spacial score (nSPS) is 19.9. The van der Waals surface area contributed by atoms with Gasteiger partial charge in [0.1, 0.15) is 11.9 Å². The first kappa shape index (κ1) is 27.0. The molecule has 3 aromatic carbocycles. The van der Waals surface area contributed by atoms with Gasteiger partial charge in [0.25, 0.3) is 5.91 Å². The Kier molecular flexibility index (Phi) is 8.47. The van der Waals surface area contributed by atoms with Gasteiger partial charge in [0.2, 0.25) is 5.91 Å². The minimum absolute atomic E-state index is 0.0650. The van der Waals surface area contributed by atoms with Crippen LogP contribution in [0.1, 0.15) is 28.7 Å². The maximum atomic E-state index is 13.1. The van der Waals surface area contributed by atoms with Crippen LogP contribution in [0.3, 0.4) is 0 Å². The number of ether oxygens (including phenoxy) is 3. The molecule has 0 unspecified atom stereocenters. The smallest absolute Gasteiger partial charge is 0.258 e. The summed E-state index contributed by atoms with van der Waals surface area (Å²) in [5.74, 6) is 1.37. The monoisotopic (exact) mass is 540 g/mol. The summed E-state index contributed by atoms with van der Waals surface area (Å²) in [4.78, 5) is 27.7. The average molecular weight is 541 g/mol. The van der Waals surface area contributed by atoms with E-state index in [2.05, 4.69) is 21.6 Å². The zero-order valence-electron chi connectivity index (χ0n) is 22.4. The van der Waals surface area contributed by atoms with Gasteiger partial charge in [-0.15, -0.1) is 0 Å². The number of benzene rings is 3. The van der Waals surface area contributed by atoms with Gasteiger partial charge in [0.15, 0.2) is 18.1 Å². The molecule has 2 atom stereocenters. The molecular weight excluding hydrogens is 508 g/mol. The Balaban J connectivity index is 1.34. The second-order valence-electron chi connectivity index (χ2n) is 10.0. The highest BCUT2D eigenvalue weighted by molar-refractivity contribution is 5.78. The molecule has 9 nitrogen and oxygen atoms in total. The minimum Gasteiger partial charge on any atom is -0.493 e. The summed E-state index contributed by atoms with van der Waals surface area (Å²) in [6, 6.07) is 22.6. The van der Waals surface area contributed by atoms with E-state index in [1.165, 1.54) is 0 Å². The number of carbonyl (C=O) groups excluding carboxylic acids is 2. The van der Waals surface area contributed by atoms with E-state index in [1.54, 1.807) is 13.2 Å². The number of rotatable bonds is 3. The van der Waals surface area contributed by atoms with Crippen LogP contribution in [0.5, 0.6) is 17.2 Å². The van der Waals surface area contributed by atoms with Crippen molar-refractivity contribution in [3.05, 3.63) is 89.0 Å². The molecule has 2 amide bonds. The Bertz CT molecular complexity index is 1380. The van der Waals surface area contributed by atoms with E-state index < -0.39 is 0 Å². The van der Waals surface area contributed by atoms with Crippen molar-refractivity contribution >= 4 is 11.8 Å². The molecule has 0 aromatic heterocycles. The number of nitriles is 1. The number of aryl methyl sites for hydroxylation is 1. The minimum atomic E-state index is -0.249. The van der Waals surface area contributed by atoms with Crippen molar-refractivity contribution in [1.82, 2.24) is 15.5 Å². The average Bonchev–Trinajstić information content (AvgIpc) is 3.34. The van der Waals surface area contributed by atoms with Gasteiger partial charge < -0.3 is 24.8 Å². The molecule has 1 fully saturated rings. The van der Waals surface area contributed by atoms with E-state index in [0.29, 0.717) is 61.8 Å². The maximum absolute atomic E-state index is 13.1. The first-order valence-corrected chi connectivity index (χ1v) is 13.3. The van der Waals surface area contributed by atoms with Gasteiger partial charge in [-0.25, -0.2) is 0 Å². The number of hydrogen-bond donors (Lipinski definition) is 2. The Labute approximate surface area is 233 Å². The second kappa shape index (κ2) is 12.5. The van der Waals surface area contributed by atoms with Crippen LogP contribution in [-0.2, 0) is 29.1 Å². The SMILES string of the molecule is COc1ccc2cc1OCC(=O)NCc1ccc(cc1)O[C@H]1CN(Cc3ccc(C#N)cc3)C[C@@H]1NC(=O)CC2. The lowest BCUT2D eigenvalue weighted by molar-refractivity contribution is -0.123. The molecule has 3 aliphatic heterocycles. The third-order valence-corrected chi connectivity index (χ3v) is 7.11. The molecule has 40 heavy (non-hydrogen) atoms. The third kappa shape index (κ3) is 6.90. The Morgan fingerprint density at radius 3 is 2.50 bits per heavy atom. The topological polar surface area (TPSA) is 113 Å². The molecule has 0 saturated carbocycles. The molecule has 9 heteroatoms.